The zero-order valence-electron chi connectivity index (χ0n) is 11.1. The molecule has 0 unspecified atom stereocenters. The maximum absolute atomic E-state index is 10.7. The van der Waals surface area contributed by atoms with E-state index in [1.165, 1.54) is 12.1 Å². The molecule has 2 aromatic rings. The number of non-ortho nitro benzene ring substituents is 1. The number of nitrogens with zero attached hydrogens (tertiary/aromatic N) is 3. The summed E-state index contributed by atoms with van der Waals surface area (Å²) in [6, 6.07) is 8.33. The summed E-state index contributed by atoms with van der Waals surface area (Å²) in [7, 11) is 2.00. The molecule has 19 heavy (non-hydrogen) atoms. The minimum absolute atomic E-state index is 0.0515. The number of hydrogen-bond donors (Lipinski definition) is 0. The Bertz CT molecular complexity index is 657. The molecule has 0 N–H and O–H groups in total. The van der Waals surface area contributed by atoms with Crippen molar-refractivity contribution >= 4 is 17.6 Å². The number of aryl methyl sites for hydroxylation is 1. The van der Waals surface area contributed by atoms with Gasteiger partial charge in [-0.1, -0.05) is 6.07 Å². The summed E-state index contributed by atoms with van der Waals surface area (Å²) in [5.41, 5.74) is 3.92. The third-order valence-electron chi connectivity index (χ3n) is 3.21. The van der Waals surface area contributed by atoms with Gasteiger partial charge in [0.15, 0.2) is 0 Å². The average Bonchev–Trinajstić information content (AvgIpc) is 2.64. The Morgan fingerprint density at radius 3 is 2.63 bits per heavy atom. The van der Waals surface area contributed by atoms with Crippen molar-refractivity contribution in [2.24, 2.45) is 12.0 Å². The summed E-state index contributed by atoms with van der Waals surface area (Å²) in [6.07, 6.45) is 1.74. The average molecular weight is 257 g/mol. The van der Waals surface area contributed by atoms with Crippen molar-refractivity contribution in [2.75, 3.05) is 0 Å². The predicted molar refractivity (Wildman–Crippen MR) is 75.2 cm³/mol. The van der Waals surface area contributed by atoms with Crippen molar-refractivity contribution in [1.82, 2.24) is 4.57 Å². The summed E-state index contributed by atoms with van der Waals surface area (Å²) in [5.74, 6) is 0. The van der Waals surface area contributed by atoms with Crippen LogP contribution in [0.1, 0.15) is 17.0 Å². The van der Waals surface area contributed by atoms with Crippen LogP contribution in [0.25, 0.3) is 0 Å². The number of nitro benzene ring substituents is 1. The van der Waals surface area contributed by atoms with Gasteiger partial charge in [-0.05, 0) is 26.0 Å². The highest BCUT2D eigenvalue weighted by Gasteiger charge is 2.06. The molecule has 98 valence electrons. The Balaban J connectivity index is 2.30. The summed E-state index contributed by atoms with van der Waals surface area (Å²) < 4.78 is 2.08. The Kier molecular flexibility index (Phi) is 3.46. The zero-order chi connectivity index (χ0) is 14.0. The van der Waals surface area contributed by atoms with Gasteiger partial charge in [-0.2, -0.15) is 0 Å². The monoisotopic (exact) mass is 257 g/mol. The van der Waals surface area contributed by atoms with E-state index >= 15 is 0 Å². The lowest BCUT2D eigenvalue weighted by Crippen LogP contribution is -1.93. The molecule has 1 aromatic heterocycles. The fraction of sp³-hybridized carbons (Fsp3) is 0.214. The van der Waals surface area contributed by atoms with E-state index < -0.39 is 4.92 Å². The lowest BCUT2D eigenvalue weighted by molar-refractivity contribution is -0.384. The van der Waals surface area contributed by atoms with Crippen LogP contribution in [0, 0.1) is 24.0 Å². The van der Waals surface area contributed by atoms with Crippen LogP contribution in [0.15, 0.2) is 35.3 Å². The van der Waals surface area contributed by atoms with E-state index in [1.54, 1.807) is 18.3 Å². The Hall–Kier alpha value is -2.43. The predicted octanol–water partition coefficient (Wildman–Crippen LogP) is 3.30. The number of rotatable bonds is 3. The second kappa shape index (κ2) is 5.06. The maximum Gasteiger partial charge on any atom is 0.271 e. The van der Waals surface area contributed by atoms with Crippen molar-refractivity contribution < 1.29 is 4.92 Å². The van der Waals surface area contributed by atoms with Crippen LogP contribution in [0.5, 0.6) is 0 Å². The second-order valence-corrected chi connectivity index (χ2v) is 4.42. The van der Waals surface area contributed by atoms with E-state index in [0.29, 0.717) is 5.69 Å². The minimum atomic E-state index is -0.420. The molecule has 0 atom stereocenters. The molecule has 0 aliphatic carbocycles. The van der Waals surface area contributed by atoms with E-state index in [0.717, 1.165) is 17.0 Å². The summed E-state index contributed by atoms with van der Waals surface area (Å²) >= 11 is 0. The van der Waals surface area contributed by atoms with Crippen LogP contribution in [-0.4, -0.2) is 15.7 Å². The van der Waals surface area contributed by atoms with Gasteiger partial charge < -0.3 is 4.57 Å². The van der Waals surface area contributed by atoms with Gasteiger partial charge in [0.1, 0.15) is 0 Å². The standard InChI is InChI=1S/C14H15N3O2/c1-10-7-12(11(2)16(10)3)9-15-13-5-4-6-14(8-13)17(18)19/h4-9H,1-3H3. The molecule has 5 nitrogen and oxygen atoms in total. The fourth-order valence-corrected chi connectivity index (χ4v) is 1.85. The topological polar surface area (TPSA) is 60.4 Å². The van der Waals surface area contributed by atoms with Gasteiger partial charge in [-0.25, -0.2) is 0 Å². The van der Waals surface area contributed by atoms with Gasteiger partial charge in [0, 0.05) is 42.3 Å². The molecule has 0 spiro atoms. The maximum atomic E-state index is 10.7. The third-order valence-corrected chi connectivity index (χ3v) is 3.21. The van der Waals surface area contributed by atoms with E-state index in [4.69, 9.17) is 0 Å². The Morgan fingerprint density at radius 2 is 2.05 bits per heavy atom. The number of aromatic nitrogens is 1. The molecular weight excluding hydrogens is 242 g/mol. The molecule has 0 amide bonds. The van der Waals surface area contributed by atoms with Crippen LogP contribution < -0.4 is 0 Å². The molecule has 5 heteroatoms. The molecule has 0 radical (unpaired) electrons. The van der Waals surface area contributed by atoms with Gasteiger partial charge in [0.2, 0.25) is 0 Å². The van der Waals surface area contributed by atoms with Crippen molar-refractivity contribution in [3.63, 3.8) is 0 Å². The number of benzene rings is 1. The first-order valence-corrected chi connectivity index (χ1v) is 5.90. The molecule has 0 aliphatic rings. The first-order chi connectivity index (χ1) is 8.99. The molecule has 0 aliphatic heterocycles. The van der Waals surface area contributed by atoms with Crippen LogP contribution >= 0.6 is 0 Å². The SMILES string of the molecule is Cc1cc(C=Nc2cccc([N+](=O)[O-])c2)c(C)n1C. The van der Waals surface area contributed by atoms with Gasteiger partial charge in [-0.3, -0.25) is 15.1 Å². The molecule has 1 heterocycles. The van der Waals surface area contributed by atoms with Crippen LogP contribution in [0.4, 0.5) is 11.4 Å². The van der Waals surface area contributed by atoms with E-state index in [2.05, 4.69) is 9.56 Å². The van der Waals surface area contributed by atoms with Crippen LogP contribution in [-0.2, 0) is 7.05 Å². The molecule has 0 saturated heterocycles. The molecule has 0 fully saturated rings. The van der Waals surface area contributed by atoms with Crippen LogP contribution in [0.3, 0.4) is 0 Å². The summed E-state index contributed by atoms with van der Waals surface area (Å²) in [6.45, 7) is 4.04. The Morgan fingerprint density at radius 1 is 1.32 bits per heavy atom. The highest BCUT2D eigenvalue weighted by molar-refractivity contribution is 5.84. The van der Waals surface area contributed by atoms with E-state index in [9.17, 15) is 10.1 Å². The number of hydrogen-bond acceptors (Lipinski definition) is 3. The Labute approximate surface area is 111 Å². The van der Waals surface area contributed by atoms with Crippen LogP contribution in [0.2, 0.25) is 0 Å². The number of aliphatic imine (C=N–C) groups is 1. The quantitative estimate of drug-likeness (QED) is 0.481. The first kappa shape index (κ1) is 13.0. The minimum Gasteiger partial charge on any atom is -0.352 e. The summed E-state index contributed by atoms with van der Waals surface area (Å²) in [5, 5.41) is 10.7. The van der Waals surface area contributed by atoms with Crippen molar-refractivity contribution in [3.8, 4) is 0 Å². The molecule has 0 saturated carbocycles. The van der Waals surface area contributed by atoms with Gasteiger partial charge in [-0.15, -0.1) is 0 Å². The van der Waals surface area contributed by atoms with Gasteiger partial charge in [0.25, 0.3) is 5.69 Å². The molecular formula is C14H15N3O2. The zero-order valence-corrected chi connectivity index (χ0v) is 11.1. The number of nitro groups is 1. The third kappa shape index (κ3) is 2.70. The molecule has 0 bridgehead atoms. The lowest BCUT2D eigenvalue weighted by atomic mass is 10.2. The smallest absolute Gasteiger partial charge is 0.271 e. The normalized spacial score (nSPS) is 11.1. The highest BCUT2D eigenvalue weighted by atomic mass is 16.6. The van der Waals surface area contributed by atoms with Gasteiger partial charge in [0.05, 0.1) is 10.6 Å². The second-order valence-electron chi connectivity index (χ2n) is 4.42. The fourth-order valence-electron chi connectivity index (χ4n) is 1.85. The largest absolute Gasteiger partial charge is 0.352 e. The van der Waals surface area contributed by atoms with Crippen molar-refractivity contribution in [1.29, 1.82) is 0 Å². The lowest BCUT2D eigenvalue weighted by Gasteiger charge is -1.98. The first-order valence-electron chi connectivity index (χ1n) is 5.90. The van der Waals surface area contributed by atoms with E-state index in [1.807, 2.05) is 27.0 Å². The molecule has 2 rings (SSSR count). The van der Waals surface area contributed by atoms with Gasteiger partial charge >= 0.3 is 0 Å². The van der Waals surface area contributed by atoms with E-state index in [-0.39, 0.29) is 5.69 Å². The highest BCUT2D eigenvalue weighted by Crippen LogP contribution is 2.20. The summed E-state index contributed by atoms with van der Waals surface area (Å²) in [4.78, 5) is 14.6. The molecule has 1 aromatic carbocycles. The van der Waals surface area contributed by atoms with Crippen molar-refractivity contribution in [3.05, 3.63) is 57.4 Å². The van der Waals surface area contributed by atoms with Crippen molar-refractivity contribution in [2.45, 2.75) is 13.8 Å².